The standard InChI is InChI=1S/C19H21FN2O2/c20-15-9-11-17(12-10-15)24-14-19(23)22-13-5-4-8-18(22)21-16-6-2-1-3-7-16/h4-5,8-13,16H,1-3,6-7,14H2. The van der Waals surface area contributed by atoms with Crippen LogP contribution in [0.3, 0.4) is 0 Å². The molecule has 1 saturated carbocycles. The number of nitrogens with zero attached hydrogens (tertiary/aromatic N) is 2. The van der Waals surface area contributed by atoms with Gasteiger partial charge in [0.15, 0.2) is 6.61 Å². The third-order valence-electron chi connectivity index (χ3n) is 4.17. The summed E-state index contributed by atoms with van der Waals surface area (Å²) in [6.45, 7) is -0.118. The molecule has 24 heavy (non-hydrogen) atoms. The van der Waals surface area contributed by atoms with Crippen molar-refractivity contribution in [1.82, 2.24) is 4.57 Å². The SMILES string of the molecule is O=C(COc1ccc(F)cc1)n1ccccc1=NC1CCCCC1. The Labute approximate surface area is 140 Å². The van der Waals surface area contributed by atoms with E-state index >= 15 is 0 Å². The zero-order chi connectivity index (χ0) is 16.8. The molecule has 3 rings (SSSR count). The number of hydrogen-bond acceptors (Lipinski definition) is 3. The lowest BCUT2D eigenvalue weighted by Crippen LogP contribution is -2.32. The molecule has 1 aliphatic rings. The molecule has 2 aromatic rings. The molecule has 4 nitrogen and oxygen atoms in total. The van der Waals surface area contributed by atoms with Crippen molar-refractivity contribution < 1.29 is 13.9 Å². The monoisotopic (exact) mass is 328 g/mol. The molecule has 0 spiro atoms. The zero-order valence-electron chi connectivity index (χ0n) is 13.5. The van der Waals surface area contributed by atoms with Gasteiger partial charge in [0.1, 0.15) is 17.1 Å². The fourth-order valence-corrected chi connectivity index (χ4v) is 2.89. The molecule has 0 amide bonds. The van der Waals surface area contributed by atoms with Crippen LogP contribution < -0.4 is 10.2 Å². The van der Waals surface area contributed by atoms with E-state index in [4.69, 9.17) is 9.73 Å². The second-order valence-electron chi connectivity index (χ2n) is 5.99. The predicted octanol–water partition coefficient (Wildman–Crippen LogP) is 3.58. The molecule has 1 aromatic carbocycles. The Morgan fingerprint density at radius 1 is 1.12 bits per heavy atom. The van der Waals surface area contributed by atoms with E-state index in [1.807, 2.05) is 12.1 Å². The summed E-state index contributed by atoms with van der Waals surface area (Å²) in [6, 6.07) is 11.4. The van der Waals surface area contributed by atoms with E-state index in [-0.39, 0.29) is 18.3 Å². The molecular weight excluding hydrogens is 307 g/mol. The first-order chi connectivity index (χ1) is 11.7. The Bertz CT molecular complexity index is 746. The Balaban J connectivity index is 1.72. The van der Waals surface area contributed by atoms with Crippen molar-refractivity contribution in [3.8, 4) is 5.75 Å². The van der Waals surface area contributed by atoms with Gasteiger partial charge < -0.3 is 4.74 Å². The smallest absolute Gasteiger partial charge is 0.270 e. The van der Waals surface area contributed by atoms with Gasteiger partial charge in [0, 0.05) is 6.20 Å². The third-order valence-corrected chi connectivity index (χ3v) is 4.17. The molecule has 1 aliphatic carbocycles. The van der Waals surface area contributed by atoms with Crippen LogP contribution in [0.1, 0.15) is 36.9 Å². The van der Waals surface area contributed by atoms with Crippen molar-refractivity contribution in [1.29, 1.82) is 0 Å². The second kappa shape index (κ2) is 7.90. The van der Waals surface area contributed by atoms with Crippen LogP contribution >= 0.6 is 0 Å². The highest BCUT2D eigenvalue weighted by Gasteiger charge is 2.13. The molecule has 0 bridgehead atoms. The summed E-state index contributed by atoms with van der Waals surface area (Å²) in [5.41, 5.74) is 0.664. The molecule has 0 aliphatic heterocycles. The molecule has 1 fully saturated rings. The average molecular weight is 328 g/mol. The van der Waals surface area contributed by atoms with Gasteiger partial charge in [0.2, 0.25) is 0 Å². The first-order valence-electron chi connectivity index (χ1n) is 8.35. The van der Waals surface area contributed by atoms with E-state index in [2.05, 4.69) is 0 Å². The van der Waals surface area contributed by atoms with Gasteiger partial charge in [-0.25, -0.2) is 4.39 Å². The number of hydrogen-bond donors (Lipinski definition) is 0. The summed E-state index contributed by atoms with van der Waals surface area (Å²) >= 11 is 0. The van der Waals surface area contributed by atoms with Gasteiger partial charge in [-0.2, -0.15) is 0 Å². The van der Waals surface area contributed by atoms with Crippen LogP contribution in [-0.4, -0.2) is 23.1 Å². The first-order valence-corrected chi connectivity index (χ1v) is 8.35. The minimum Gasteiger partial charge on any atom is -0.484 e. The third kappa shape index (κ3) is 4.31. The molecule has 0 radical (unpaired) electrons. The van der Waals surface area contributed by atoms with Gasteiger partial charge in [-0.05, 0) is 49.2 Å². The highest BCUT2D eigenvalue weighted by atomic mass is 19.1. The topological polar surface area (TPSA) is 43.6 Å². The van der Waals surface area contributed by atoms with Crippen LogP contribution in [0.5, 0.6) is 5.75 Å². The zero-order valence-corrected chi connectivity index (χ0v) is 13.5. The Morgan fingerprint density at radius 2 is 1.88 bits per heavy atom. The summed E-state index contributed by atoms with van der Waals surface area (Å²) in [7, 11) is 0. The summed E-state index contributed by atoms with van der Waals surface area (Å²) in [5.74, 6) is -0.0683. The van der Waals surface area contributed by atoms with Crippen LogP contribution in [0.15, 0.2) is 53.7 Å². The largest absolute Gasteiger partial charge is 0.484 e. The van der Waals surface area contributed by atoms with Crippen molar-refractivity contribution >= 4 is 5.91 Å². The molecule has 1 heterocycles. The van der Waals surface area contributed by atoms with E-state index in [0.717, 1.165) is 12.8 Å². The minimum absolute atomic E-state index is 0.118. The number of carbonyl (C=O) groups is 1. The van der Waals surface area contributed by atoms with Crippen LogP contribution in [0.4, 0.5) is 4.39 Å². The highest BCUT2D eigenvalue weighted by molar-refractivity contribution is 5.80. The normalized spacial score (nSPS) is 16.1. The second-order valence-corrected chi connectivity index (χ2v) is 5.99. The molecule has 126 valence electrons. The van der Waals surface area contributed by atoms with Crippen molar-refractivity contribution in [2.45, 2.75) is 38.1 Å². The average Bonchev–Trinajstić information content (AvgIpc) is 2.62. The van der Waals surface area contributed by atoms with Crippen molar-refractivity contribution in [2.75, 3.05) is 6.61 Å². The maximum Gasteiger partial charge on any atom is 0.270 e. The predicted molar refractivity (Wildman–Crippen MR) is 89.4 cm³/mol. The van der Waals surface area contributed by atoms with Crippen LogP contribution in [0.25, 0.3) is 0 Å². The molecule has 0 N–H and O–H groups in total. The van der Waals surface area contributed by atoms with Crippen molar-refractivity contribution in [2.24, 2.45) is 4.99 Å². The summed E-state index contributed by atoms with van der Waals surface area (Å²) < 4.78 is 19.9. The van der Waals surface area contributed by atoms with E-state index in [1.54, 1.807) is 12.3 Å². The number of rotatable bonds is 4. The number of halogens is 1. The van der Waals surface area contributed by atoms with E-state index in [1.165, 1.54) is 48.1 Å². The van der Waals surface area contributed by atoms with Crippen LogP contribution in [0, 0.1) is 5.82 Å². The Hall–Kier alpha value is -2.43. The quantitative estimate of drug-likeness (QED) is 0.861. The van der Waals surface area contributed by atoms with Crippen LogP contribution in [0.2, 0.25) is 0 Å². The number of ether oxygens (including phenoxy) is 1. The highest BCUT2D eigenvalue weighted by Crippen LogP contribution is 2.19. The first kappa shape index (κ1) is 16.4. The van der Waals surface area contributed by atoms with Gasteiger partial charge >= 0.3 is 0 Å². The van der Waals surface area contributed by atoms with Crippen LogP contribution in [-0.2, 0) is 0 Å². The fraction of sp³-hybridized carbons (Fsp3) is 0.368. The fourth-order valence-electron chi connectivity index (χ4n) is 2.89. The molecule has 1 aromatic heterocycles. The van der Waals surface area contributed by atoms with Gasteiger partial charge in [-0.1, -0.05) is 25.3 Å². The summed E-state index contributed by atoms with van der Waals surface area (Å²) in [5, 5.41) is 0. The number of pyridine rings is 1. The maximum atomic E-state index is 12.9. The van der Waals surface area contributed by atoms with Gasteiger partial charge in [0.05, 0.1) is 6.04 Å². The molecule has 5 heteroatoms. The lowest BCUT2D eigenvalue weighted by molar-refractivity contribution is 0.0831. The molecular formula is C19H21FN2O2. The van der Waals surface area contributed by atoms with E-state index in [9.17, 15) is 9.18 Å². The minimum atomic E-state index is -0.334. The van der Waals surface area contributed by atoms with E-state index in [0.29, 0.717) is 17.3 Å². The Kier molecular flexibility index (Phi) is 5.41. The lowest BCUT2D eigenvalue weighted by Gasteiger charge is -2.17. The molecule has 0 atom stereocenters. The van der Waals surface area contributed by atoms with Gasteiger partial charge in [0.25, 0.3) is 5.91 Å². The summed E-state index contributed by atoms with van der Waals surface area (Å²) in [6.07, 6.45) is 7.53. The maximum absolute atomic E-state index is 12.9. The Morgan fingerprint density at radius 3 is 2.62 bits per heavy atom. The number of carbonyl (C=O) groups excluding carboxylic acids is 1. The van der Waals surface area contributed by atoms with E-state index < -0.39 is 0 Å². The van der Waals surface area contributed by atoms with Crippen molar-refractivity contribution in [3.63, 3.8) is 0 Å². The lowest BCUT2D eigenvalue weighted by atomic mass is 9.96. The van der Waals surface area contributed by atoms with Gasteiger partial charge in [-0.3, -0.25) is 14.4 Å². The van der Waals surface area contributed by atoms with Crippen molar-refractivity contribution in [3.05, 3.63) is 60.0 Å². The summed E-state index contributed by atoms with van der Waals surface area (Å²) in [4.78, 5) is 17.2. The van der Waals surface area contributed by atoms with Gasteiger partial charge in [-0.15, -0.1) is 0 Å². The molecule has 0 saturated heterocycles. The number of aromatic nitrogens is 1. The number of benzene rings is 1. The molecule has 0 unspecified atom stereocenters.